The zero-order chi connectivity index (χ0) is 17.9. The SMILES string of the molecule is CN(C/C=C/c1ccc(C(F)(F)F)cc1)Cc1csc2ccccc12.Cl. The fourth-order valence-electron chi connectivity index (χ4n) is 2.66. The molecule has 0 aliphatic heterocycles. The van der Waals surface area contributed by atoms with Crippen molar-refractivity contribution in [1.29, 1.82) is 0 Å². The summed E-state index contributed by atoms with van der Waals surface area (Å²) in [6, 6.07) is 13.5. The summed E-state index contributed by atoms with van der Waals surface area (Å²) in [7, 11) is 2.03. The van der Waals surface area contributed by atoms with Crippen LogP contribution in [-0.2, 0) is 12.7 Å². The van der Waals surface area contributed by atoms with Gasteiger partial charge in [0.1, 0.15) is 0 Å². The summed E-state index contributed by atoms with van der Waals surface area (Å²) in [6.07, 6.45) is -0.467. The molecule has 2 aromatic carbocycles. The molecule has 1 aromatic heterocycles. The quantitative estimate of drug-likeness (QED) is 0.475. The standard InChI is InChI=1S/C20H18F3NS.ClH/c1-24(13-16-14-25-19-7-3-2-6-18(16)19)12-4-5-15-8-10-17(11-9-15)20(21,22)23;/h2-11,14H,12-13H2,1H3;1H/b5-4+;. The van der Waals surface area contributed by atoms with Gasteiger partial charge in [-0.2, -0.15) is 13.2 Å². The lowest BCUT2D eigenvalue weighted by atomic mass is 10.1. The van der Waals surface area contributed by atoms with Crippen molar-refractivity contribution in [3.8, 4) is 0 Å². The number of rotatable bonds is 5. The Kier molecular flexibility index (Phi) is 6.87. The summed E-state index contributed by atoms with van der Waals surface area (Å²) in [5.41, 5.74) is 1.44. The van der Waals surface area contributed by atoms with E-state index in [0.717, 1.165) is 30.8 Å². The first-order valence-corrected chi connectivity index (χ1v) is 8.79. The summed E-state index contributed by atoms with van der Waals surface area (Å²) in [4.78, 5) is 2.18. The minimum Gasteiger partial charge on any atom is -0.298 e. The molecular formula is C20H19ClF3NS. The van der Waals surface area contributed by atoms with Gasteiger partial charge in [-0.3, -0.25) is 4.90 Å². The molecule has 3 rings (SSSR count). The van der Waals surface area contributed by atoms with Crippen molar-refractivity contribution >= 4 is 39.9 Å². The lowest BCUT2D eigenvalue weighted by Crippen LogP contribution is -2.17. The second-order valence-corrected chi connectivity index (χ2v) is 6.89. The smallest absolute Gasteiger partial charge is 0.298 e. The molecule has 0 aliphatic carbocycles. The van der Waals surface area contributed by atoms with E-state index >= 15 is 0 Å². The van der Waals surface area contributed by atoms with E-state index in [1.807, 2.05) is 31.3 Å². The van der Waals surface area contributed by atoms with Crippen LogP contribution in [-0.4, -0.2) is 18.5 Å². The molecular weight excluding hydrogens is 379 g/mol. The summed E-state index contributed by atoms with van der Waals surface area (Å²) in [5, 5.41) is 3.46. The van der Waals surface area contributed by atoms with E-state index in [1.54, 1.807) is 11.3 Å². The van der Waals surface area contributed by atoms with E-state index in [4.69, 9.17) is 0 Å². The van der Waals surface area contributed by atoms with E-state index in [0.29, 0.717) is 0 Å². The molecule has 0 atom stereocenters. The first kappa shape index (κ1) is 20.5. The Labute approximate surface area is 161 Å². The van der Waals surface area contributed by atoms with Crippen molar-refractivity contribution in [2.45, 2.75) is 12.7 Å². The van der Waals surface area contributed by atoms with Crippen molar-refractivity contribution < 1.29 is 13.2 Å². The Morgan fingerprint density at radius 1 is 1.04 bits per heavy atom. The predicted molar refractivity (Wildman–Crippen MR) is 106 cm³/mol. The third kappa shape index (κ3) is 5.10. The number of alkyl halides is 3. The lowest BCUT2D eigenvalue weighted by Gasteiger charge is -2.13. The minimum absolute atomic E-state index is 0. The highest BCUT2D eigenvalue weighted by Gasteiger charge is 2.29. The average Bonchev–Trinajstić information content (AvgIpc) is 2.98. The molecule has 0 saturated carbocycles. The Bertz CT molecular complexity index is 869. The van der Waals surface area contributed by atoms with Crippen molar-refractivity contribution in [1.82, 2.24) is 4.90 Å². The van der Waals surface area contributed by atoms with Gasteiger partial charge in [-0.1, -0.05) is 42.5 Å². The van der Waals surface area contributed by atoms with Crippen LogP contribution in [0.3, 0.4) is 0 Å². The van der Waals surface area contributed by atoms with Crippen LogP contribution in [0.2, 0.25) is 0 Å². The molecule has 26 heavy (non-hydrogen) atoms. The van der Waals surface area contributed by atoms with Gasteiger partial charge >= 0.3 is 6.18 Å². The van der Waals surface area contributed by atoms with Crippen molar-refractivity contribution in [2.24, 2.45) is 0 Å². The van der Waals surface area contributed by atoms with Gasteiger partial charge in [0.05, 0.1) is 5.56 Å². The van der Waals surface area contributed by atoms with Gasteiger partial charge in [0.2, 0.25) is 0 Å². The third-order valence-electron chi connectivity index (χ3n) is 3.97. The largest absolute Gasteiger partial charge is 0.416 e. The number of likely N-dealkylation sites (N-methyl/N-ethyl adjacent to an activating group) is 1. The number of hydrogen-bond donors (Lipinski definition) is 0. The molecule has 0 unspecified atom stereocenters. The van der Waals surface area contributed by atoms with Crippen LogP contribution < -0.4 is 0 Å². The molecule has 0 aliphatic rings. The highest BCUT2D eigenvalue weighted by Crippen LogP contribution is 2.29. The molecule has 1 nitrogen and oxygen atoms in total. The maximum atomic E-state index is 12.5. The molecule has 0 N–H and O–H groups in total. The summed E-state index contributed by atoms with van der Waals surface area (Å²) in [6.45, 7) is 1.56. The molecule has 0 bridgehead atoms. The second-order valence-electron chi connectivity index (χ2n) is 5.98. The van der Waals surface area contributed by atoms with E-state index in [1.165, 1.54) is 27.8 Å². The van der Waals surface area contributed by atoms with Crippen LogP contribution in [0.15, 0.2) is 60.0 Å². The van der Waals surface area contributed by atoms with Crippen molar-refractivity contribution in [2.75, 3.05) is 13.6 Å². The Balaban J connectivity index is 0.00000243. The minimum atomic E-state index is -4.29. The maximum Gasteiger partial charge on any atom is 0.416 e. The molecule has 0 amide bonds. The molecule has 0 fully saturated rings. The van der Waals surface area contributed by atoms with Crippen molar-refractivity contribution in [3.63, 3.8) is 0 Å². The topological polar surface area (TPSA) is 3.24 Å². The summed E-state index contributed by atoms with van der Waals surface area (Å²) >= 11 is 1.74. The van der Waals surface area contributed by atoms with Crippen LogP contribution in [0.5, 0.6) is 0 Å². The van der Waals surface area contributed by atoms with E-state index in [-0.39, 0.29) is 12.4 Å². The first-order chi connectivity index (χ1) is 11.9. The van der Waals surface area contributed by atoms with E-state index in [2.05, 4.69) is 22.4 Å². The molecule has 6 heteroatoms. The van der Waals surface area contributed by atoms with Gasteiger partial charge in [-0.15, -0.1) is 23.7 Å². The second kappa shape index (κ2) is 8.71. The molecule has 0 spiro atoms. The van der Waals surface area contributed by atoms with Gasteiger partial charge < -0.3 is 0 Å². The van der Waals surface area contributed by atoms with Crippen LogP contribution in [0.4, 0.5) is 13.2 Å². The Morgan fingerprint density at radius 2 is 1.73 bits per heavy atom. The number of hydrogen-bond acceptors (Lipinski definition) is 2. The molecule has 3 aromatic rings. The third-order valence-corrected chi connectivity index (χ3v) is 4.98. The predicted octanol–water partition coefficient (Wildman–Crippen LogP) is 6.49. The first-order valence-electron chi connectivity index (χ1n) is 7.91. The zero-order valence-corrected chi connectivity index (χ0v) is 15.8. The van der Waals surface area contributed by atoms with Gasteiger partial charge in [-0.05, 0) is 47.1 Å². The maximum absolute atomic E-state index is 12.5. The van der Waals surface area contributed by atoms with Crippen LogP contribution >= 0.6 is 23.7 Å². The summed E-state index contributed by atoms with van der Waals surface area (Å²) < 4.78 is 38.9. The van der Waals surface area contributed by atoms with Gasteiger partial charge in [0, 0.05) is 17.8 Å². The van der Waals surface area contributed by atoms with Gasteiger partial charge in [0.25, 0.3) is 0 Å². The molecule has 0 saturated heterocycles. The van der Waals surface area contributed by atoms with Gasteiger partial charge in [0.15, 0.2) is 0 Å². The fourth-order valence-corrected chi connectivity index (χ4v) is 3.62. The average molecular weight is 398 g/mol. The number of nitrogens with zero attached hydrogens (tertiary/aromatic N) is 1. The molecule has 0 radical (unpaired) electrons. The van der Waals surface area contributed by atoms with Crippen molar-refractivity contribution in [3.05, 3.63) is 76.7 Å². The number of thiophene rings is 1. The normalized spacial score (nSPS) is 12.0. The van der Waals surface area contributed by atoms with Gasteiger partial charge in [-0.25, -0.2) is 0 Å². The monoisotopic (exact) mass is 397 g/mol. The Morgan fingerprint density at radius 3 is 2.42 bits per heavy atom. The van der Waals surface area contributed by atoms with Crippen LogP contribution in [0.1, 0.15) is 16.7 Å². The van der Waals surface area contributed by atoms with Crippen LogP contribution in [0, 0.1) is 0 Å². The highest BCUT2D eigenvalue weighted by atomic mass is 35.5. The zero-order valence-electron chi connectivity index (χ0n) is 14.2. The number of benzene rings is 2. The van der Waals surface area contributed by atoms with E-state index < -0.39 is 11.7 Å². The van der Waals surface area contributed by atoms with Crippen LogP contribution in [0.25, 0.3) is 16.2 Å². The molecule has 138 valence electrons. The summed E-state index contributed by atoms with van der Waals surface area (Å²) in [5.74, 6) is 0. The molecule has 1 heterocycles. The lowest BCUT2D eigenvalue weighted by molar-refractivity contribution is -0.137. The van der Waals surface area contributed by atoms with E-state index in [9.17, 15) is 13.2 Å². The highest BCUT2D eigenvalue weighted by molar-refractivity contribution is 7.17. The fraction of sp³-hybridized carbons (Fsp3) is 0.200. The Hall–Kier alpha value is -1.82. The number of fused-ring (bicyclic) bond motifs is 1. The number of halogens is 4.